The van der Waals surface area contributed by atoms with Gasteiger partial charge >= 0.3 is 6.09 Å². The number of hydrogen-bond donors (Lipinski definition) is 1. The van der Waals surface area contributed by atoms with Crippen molar-refractivity contribution in [1.29, 1.82) is 0 Å². The Morgan fingerprint density at radius 3 is 2.67 bits per heavy atom. The lowest BCUT2D eigenvalue weighted by atomic mass is 10.1. The molecule has 2 heterocycles. The van der Waals surface area contributed by atoms with Crippen molar-refractivity contribution in [3.8, 4) is 0 Å². The standard InChI is InChI=1S/C15H15BrClIN2O4/c1-6(19-14(22)24-15(2,3)4)11(21)13-9(16)10-12(23-13)7(18)5-8(17)20-10/h5-6H,1-4H3,(H,19,22)/t6-/m0/s1. The summed E-state index contributed by atoms with van der Waals surface area (Å²) in [5, 5.41) is 2.79. The van der Waals surface area contributed by atoms with Gasteiger partial charge in [-0.3, -0.25) is 4.79 Å². The van der Waals surface area contributed by atoms with E-state index in [1.165, 1.54) is 0 Å². The number of nitrogens with zero attached hydrogens (tertiary/aromatic N) is 1. The number of carbonyl (C=O) groups excluding carboxylic acids is 2. The van der Waals surface area contributed by atoms with Gasteiger partial charge in [0.25, 0.3) is 0 Å². The maximum Gasteiger partial charge on any atom is 0.408 e. The van der Waals surface area contributed by atoms with Gasteiger partial charge in [0.2, 0.25) is 5.78 Å². The van der Waals surface area contributed by atoms with Crippen molar-refractivity contribution in [2.45, 2.75) is 39.3 Å². The average molecular weight is 530 g/mol. The van der Waals surface area contributed by atoms with Crippen LogP contribution in [0, 0.1) is 3.57 Å². The van der Waals surface area contributed by atoms with Gasteiger partial charge in [-0.25, -0.2) is 9.78 Å². The van der Waals surface area contributed by atoms with E-state index in [4.69, 9.17) is 20.8 Å². The van der Waals surface area contributed by atoms with Crippen LogP contribution in [-0.2, 0) is 4.74 Å². The minimum Gasteiger partial charge on any atom is -0.449 e. The molecule has 0 aliphatic rings. The predicted molar refractivity (Wildman–Crippen MR) is 103 cm³/mol. The molecule has 0 saturated carbocycles. The fourth-order valence-corrected chi connectivity index (χ4v) is 3.46. The number of pyridine rings is 1. The van der Waals surface area contributed by atoms with Gasteiger partial charge in [0.1, 0.15) is 16.3 Å². The van der Waals surface area contributed by atoms with E-state index in [-0.39, 0.29) is 5.76 Å². The largest absolute Gasteiger partial charge is 0.449 e. The molecule has 24 heavy (non-hydrogen) atoms. The average Bonchev–Trinajstić information content (AvgIpc) is 2.73. The van der Waals surface area contributed by atoms with Crippen LogP contribution in [0.1, 0.15) is 38.2 Å². The zero-order valence-electron chi connectivity index (χ0n) is 13.4. The first-order valence-electron chi connectivity index (χ1n) is 6.97. The van der Waals surface area contributed by atoms with Gasteiger partial charge < -0.3 is 14.5 Å². The molecule has 2 aromatic heterocycles. The lowest BCUT2D eigenvalue weighted by Crippen LogP contribution is -2.41. The number of Topliss-reactive ketones (excluding diaryl/α,β-unsaturated/α-hetero) is 1. The number of ether oxygens (including phenoxy) is 1. The summed E-state index contributed by atoms with van der Waals surface area (Å²) >= 11 is 11.3. The summed E-state index contributed by atoms with van der Waals surface area (Å²) < 4.78 is 11.9. The Labute approximate surface area is 165 Å². The lowest BCUT2D eigenvalue weighted by molar-refractivity contribution is 0.0495. The van der Waals surface area contributed by atoms with Crippen molar-refractivity contribution < 1.29 is 18.7 Å². The first kappa shape index (κ1) is 19.5. The highest BCUT2D eigenvalue weighted by Crippen LogP contribution is 2.34. The van der Waals surface area contributed by atoms with Crippen molar-refractivity contribution in [2.24, 2.45) is 0 Å². The molecule has 0 fully saturated rings. The van der Waals surface area contributed by atoms with Crippen LogP contribution in [0.5, 0.6) is 0 Å². The van der Waals surface area contributed by atoms with Crippen molar-refractivity contribution >= 4 is 73.1 Å². The van der Waals surface area contributed by atoms with Crippen LogP contribution in [0.25, 0.3) is 11.1 Å². The molecule has 130 valence electrons. The number of rotatable bonds is 3. The van der Waals surface area contributed by atoms with Crippen LogP contribution < -0.4 is 5.32 Å². The molecule has 0 aliphatic carbocycles. The van der Waals surface area contributed by atoms with Gasteiger partial charge in [-0.15, -0.1) is 0 Å². The second-order valence-corrected chi connectivity index (χ2v) is 8.42. The van der Waals surface area contributed by atoms with E-state index in [0.717, 1.165) is 3.57 Å². The van der Waals surface area contributed by atoms with E-state index in [1.54, 1.807) is 33.8 Å². The fraction of sp³-hybridized carbons (Fsp3) is 0.400. The van der Waals surface area contributed by atoms with Crippen molar-refractivity contribution in [1.82, 2.24) is 10.3 Å². The molecule has 0 bridgehead atoms. The maximum absolute atomic E-state index is 12.6. The van der Waals surface area contributed by atoms with Crippen molar-refractivity contribution in [3.63, 3.8) is 0 Å². The van der Waals surface area contributed by atoms with Crippen LogP contribution in [-0.4, -0.2) is 28.5 Å². The van der Waals surface area contributed by atoms with Crippen LogP contribution in [0.15, 0.2) is 15.0 Å². The number of hydrogen-bond acceptors (Lipinski definition) is 5. The number of fused-ring (bicyclic) bond motifs is 1. The Kier molecular flexibility index (Phi) is 5.81. The zero-order chi connectivity index (χ0) is 18.2. The minimum absolute atomic E-state index is 0.0706. The molecule has 1 amide bonds. The summed E-state index contributed by atoms with van der Waals surface area (Å²) in [4.78, 5) is 28.5. The molecule has 0 unspecified atom stereocenters. The molecule has 2 aromatic rings. The molecule has 6 nitrogen and oxygen atoms in total. The summed E-state index contributed by atoms with van der Waals surface area (Å²) in [6.07, 6.45) is -0.675. The first-order valence-corrected chi connectivity index (χ1v) is 9.22. The third-order valence-corrected chi connectivity index (χ3v) is 4.59. The molecule has 0 radical (unpaired) electrons. The Morgan fingerprint density at radius 1 is 1.46 bits per heavy atom. The summed E-state index contributed by atoms with van der Waals surface area (Å²) in [6, 6.07) is 0.807. The van der Waals surface area contributed by atoms with Crippen molar-refractivity contribution in [2.75, 3.05) is 0 Å². The molecule has 0 aliphatic heterocycles. The zero-order valence-corrected chi connectivity index (χ0v) is 17.9. The van der Waals surface area contributed by atoms with Crippen LogP contribution >= 0.6 is 50.1 Å². The predicted octanol–water partition coefficient (Wildman–Crippen LogP) is 4.94. The highest BCUT2D eigenvalue weighted by molar-refractivity contribution is 14.1. The highest BCUT2D eigenvalue weighted by Gasteiger charge is 2.28. The third-order valence-electron chi connectivity index (χ3n) is 2.86. The van der Waals surface area contributed by atoms with Gasteiger partial charge in [-0.1, -0.05) is 11.6 Å². The topological polar surface area (TPSA) is 81.4 Å². The van der Waals surface area contributed by atoms with E-state index < -0.39 is 23.5 Å². The van der Waals surface area contributed by atoms with Crippen LogP contribution in [0.4, 0.5) is 4.79 Å². The molecule has 1 N–H and O–H groups in total. The Hall–Kier alpha value is -0.870. The quantitative estimate of drug-likeness (QED) is 0.346. The summed E-state index contributed by atoms with van der Waals surface area (Å²) in [5.74, 6) is -0.334. The lowest BCUT2D eigenvalue weighted by Gasteiger charge is -2.21. The van der Waals surface area contributed by atoms with E-state index >= 15 is 0 Å². The number of furan rings is 1. The molecular formula is C15H15BrClIN2O4. The molecule has 1 atom stereocenters. The van der Waals surface area contributed by atoms with Gasteiger partial charge in [-0.05, 0) is 72.3 Å². The monoisotopic (exact) mass is 528 g/mol. The fourth-order valence-electron chi connectivity index (χ4n) is 1.88. The van der Waals surface area contributed by atoms with Gasteiger partial charge in [0, 0.05) is 0 Å². The summed E-state index contributed by atoms with van der Waals surface area (Å²) in [5.41, 5.74) is 0.267. The number of amides is 1. The first-order chi connectivity index (χ1) is 11.0. The van der Waals surface area contributed by atoms with Crippen molar-refractivity contribution in [3.05, 3.63) is 25.0 Å². The smallest absolute Gasteiger partial charge is 0.408 e. The number of halogens is 3. The SMILES string of the molecule is C[C@H](NC(=O)OC(C)(C)C)C(=O)c1oc2c(I)cc(Cl)nc2c1Br. The van der Waals surface area contributed by atoms with Crippen LogP contribution in [0.2, 0.25) is 5.15 Å². The van der Waals surface area contributed by atoms with E-state index in [1.807, 2.05) is 22.6 Å². The van der Waals surface area contributed by atoms with Crippen LogP contribution in [0.3, 0.4) is 0 Å². The minimum atomic E-state index is -0.829. The molecule has 0 saturated heterocycles. The Bertz CT molecular complexity index is 816. The third kappa shape index (κ3) is 4.40. The number of alkyl carbamates (subject to hydrolysis) is 1. The van der Waals surface area contributed by atoms with E-state index in [9.17, 15) is 9.59 Å². The Morgan fingerprint density at radius 2 is 2.08 bits per heavy atom. The molecular weight excluding hydrogens is 514 g/mol. The normalized spacial score (nSPS) is 13.0. The highest BCUT2D eigenvalue weighted by atomic mass is 127. The molecule has 9 heteroatoms. The van der Waals surface area contributed by atoms with Gasteiger partial charge in [-0.2, -0.15) is 0 Å². The number of carbonyl (C=O) groups is 2. The van der Waals surface area contributed by atoms with E-state index in [0.29, 0.717) is 20.7 Å². The number of ketones is 1. The molecule has 0 aromatic carbocycles. The number of nitrogens with one attached hydrogen (secondary N) is 1. The van der Waals surface area contributed by atoms with Gasteiger partial charge in [0.05, 0.1) is 14.1 Å². The second-order valence-electron chi connectivity index (χ2n) is 6.08. The number of aromatic nitrogens is 1. The molecule has 2 rings (SSSR count). The second kappa shape index (κ2) is 7.17. The van der Waals surface area contributed by atoms with Gasteiger partial charge in [0.15, 0.2) is 11.3 Å². The maximum atomic E-state index is 12.6. The summed E-state index contributed by atoms with van der Waals surface area (Å²) in [7, 11) is 0. The molecule has 0 spiro atoms. The summed E-state index contributed by atoms with van der Waals surface area (Å²) in [6.45, 7) is 6.78. The Balaban J connectivity index is 2.26. The van der Waals surface area contributed by atoms with E-state index in [2.05, 4.69) is 26.2 Å².